The monoisotopic (exact) mass is 347 g/mol. The highest BCUT2D eigenvalue weighted by Crippen LogP contribution is 2.44. The number of carbonyl (C=O) groups is 1. The van der Waals surface area contributed by atoms with Crippen LogP contribution in [0, 0.1) is 12.8 Å². The minimum atomic E-state index is 0.142. The van der Waals surface area contributed by atoms with Gasteiger partial charge < -0.3 is 9.72 Å². The van der Waals surface area contributed by atoms with Crippen molar-refractivity contribution in [3.05, 3.63) is 71.8 Å². The molecule has 1 aliphatic rings. The van der Waals surface area contributed by atoms with Crippen LogP contribution in [-0.4, -0.2) is 21.8 Å². The Morgan fingerprint density at radius 2 is 2.04 bits per heavy atom. The molecule has 1 saturated carbocycles. The lowest BCUT2D eigenvalue weighted by Gasteiger charge is -2.17. The number of nitrogens with one attached hydrogen (secondary N) is 1. The molecule has 0 aliphatic heterocycles. The smallest absolute Gasteiger partial charge is 0.220 e. The number of pyridine rings is 1. The van der Waals surface area contributed by atoms with Gasteiger partial charge in [0.25, 0.3) is 0 Å². The summed E-state index contributed by atoms with van der Waals surface area (Å²) in [4.78, 5) is 16.9. The second-order valence-corrected chi connectivity index (χ2v) is 7.33. The van der Waals surface area contributed by atoms with Gasteiger partial charge >= 0.3 is 0 Å². The maximum absolute atomic E-state index is 12.5. The molecule has 4 rings (SSSR count). The molecule has 2 aromatic heterocycles. The Morgan fingerprint density at radius 1 is 1.23 bits per heavy atom. The molecule has 1 aliphatic carbocycles. The first-order chi connectivity index (χ1) is 12.7. The van der Waals surface area contributed by atoms with Crippen LogP contribution < -0.4 is 5.32 Å². The van der Waals surface area contributed by atoms with Crippen molar-refractivity contribution >= 4 is 11.4 Å². The molecular formula is C22H25N3O. The van der Waals surface area contributed by atoms with Gasteiger partial charge in [0.15, 0.2) is 0 Å². The first-order valence-corrected chi connectivity index (χ1v) is 9.45. The summed E-state index contributed by atoms with van der Waals surface area (Å²) in [6.07, 6.45) is 7.69. The van der Waals surface area contributed by atoms with Crippen molar-refractivity contribution in [1.82, 2.24) is 14.7 Å². The second kappa shape index (κ2) is 7.32. The van der Waals surface area contributed by atoms with Gasteiger partial charge in [-0.2, -0.15) is 0 Å². The Kier molecular flexibility index (Phi) is 4.74. The standard InChI is InChI=1S/C22H25N3O/c1-16-5-7-17(8-6-16)20(18-9-10-18)14-22(26)23-12-11-21-24-15-19-4-2-3-13-25(19)21/h2-8,13,15,18,20H,9-12,14H2,1H3,(H,23,26). The zero-order valence-electron chi connectivity index (χ0n) is 15.2. The topological polar surface area (TPSA) is 46.4 Å². The minimum absolute atomic E-state index is 0.142. The summed E-state index contributed by atoms with van der Waals surface area (Å²) in [5.74, 6) is 2.14. The maximum atomic E-state index is 12.5. The molecule has 0 spiro atoms. The normalized spacial score (nSPS) is 15.1. The highest BCUT2D eigenvalue weighted by atomic mass is 16.1. The summed E-state index contributed by atoms with van der Waals surface area (Å²) in [5.41, 5.74) is 3.65. The van der Waals surface area contributed by atoms with E-state index in [9.17, 15) is 4.79 Å². The third-order valence-corrected chi connectivity index (χ3v) is 5.29. The number of aryl methyl sites for hydroxylation is 1. The van der Waals surface area contributed by atoms with Gasteiger partial charge in [-0.3, -0.25) is 4.79 Å². The highest BCUT2D eigenvalue weighted by molar-refractivity contribution is 5.77. The summed E-state index contributed by atoms with van der Waals surface area (Å²) in [6, 6.07) is 14.7. The van der Waals surface area contributed by atoms with Crippen LogP contribution in [0.25, 0.3) is 5.52 Å². The highest BCUT2D eigenvalue weighted by Gasteiger charge is 2.33. The summed E-state index contributed by atoms with van der Waals surface area (Å²) in [7, 11) is 0. The van der Waals surface area contributed by atoms with Crippen LogP contribution in [0.1, 0.15) is 42.1 Å². The molecule has 1 unspecified atom stereocenters. The molecule has 3 aromatic rings. The van der Waals surface area contributed by atoms with Gasteiger partial charge in [-0.25, -0.2) is 4.98 Å². The average molecular weight is 347 g/mol. The Bertz CT molecular complexity index is 893. The number of amides is 1. The van der Waals surface area contributed by atoms with Crippen LogP contribution in [0.4, 0.5) is 0 Å². The number of carbonyl (C=O) groups excluding carboxylic acids is 1. The number of benzene rings is 1. The van der Waals surface area contributed by atoms with E-state index in [1.54, 1.807) is 0 Å². The molecule has 0 bridgehead atoms. The number of hydrogen-bond donors (Lipinski definition) is 1. The van der Waals surface area contributed by atoms with Crippen LogP contribution in [0.2, 0.25) is 0 Å². The van der Waals surface area contributed by atoms with Crippen molar-refractivity contribution in [2.24, 2.45) is 5.92 Å². The second-order valence-electron chi connectivity index (χ2n) is 7.33. The average Bonchev–Trinajstić information content (AvgIpc) is 3.42. The van der Waals surface area contributed by atoms with E-state index in [-0.39, 0.29) is 5.91 Å². The van der Waals surface area contributed by atoms with E-state index >= 15 is 0 Å². The molecule has 2 heterocycles. The third kappa shape index (κ3) is 3.79. The molecule has 1 aromatic carbocycles. The lowest BCUT2D eigenvalue weighted by molar-refractivity contribution is -0.121. The Hall–Kier alpha value is -2.62. The van der Waals surface area contributed by atoms with Gasteiger partial charge in [0.2, 0.25) is 5.91 Å². The number of nitrogens with zero attached hydrogens (tertiary/aromatic N) is 2. The van der Waals surface area contributed by atoms with Crippen molar-refractivity contribution in [1.29, 1.82) is 0 Å². The molecule has 1 fully saturated rings. The lowest BCUT2D eigenvalue weighted by atomic mass is 9.90. The van der Waals surface area contributed by atoms with Crippen molar-refractivity contribution in [2.75, 3.05) is 6.54 Å². The summed E-state index contributed by atoms with van der Waals surface area (Å²) >= 11 is 0. The lowest BCUT2D eigenvalue weighted by Crippen LogP contribution is -2.28. The molecule has 4 heteroatoms. The van der Waals surface area contributed by atoms with Crippen LogP contribution in [-0.2, 0) is 11.2 Å². The number of imidazole rings is 1. The fourth-order valence-corrected chi connectivity index (χ4v) is 3.64. The van der Waals surface area contributed by atoms with E-state index in [0.29, 0.717) is 24.8 Å². The Labute approximate surface area is 154 Å². The summed E-state index contributed by atoms with van der Waals surface area (Å²) < 4.78 is 2.07. The Balaban J connectivity index is 1.33. The maximum Gasteiger partial charge on any atom is 0.220 e. The van der Waals surface area contributed by atoms with E-state index in [4.69, 9.17) is 0 Å². The van der Waals surface area contributed by atoms with E-state index in [2.05, 4.69) is 45.9 Å². The van der Waals surface area contributed by atoms with E-state index < -0.39 is 0 Å². The van der Waals surface area contributed by atoms with Gasteiger partial charge in [-0.15, -0.1) is 0 Å². The SMILES string of the molecule is Cc1ccc(C(CC(=O)NCCc2ncc3ccccn23)C2CC2)cc1. The molecule has 1 amide bonds. The molecule has 26 heavy (non-hydrogen) atoms. The minimum Gasteiger partial charge on any atom is -0.356 e. The van der Waals surface area contributed by atoms with Crippen LogP contribution >= 0.6 is 0 Å². The first-order valence-electron chi connectivity index (χ1n) is 9.45. The molecule has 0 radical (unpaired) electrons. The van der Waals surface area contributed by atoms with Crippen molar-refractivity contribution < 1.29 is 4.79 Å². The molecule has 134 valence electrons. The van der Waals surface area contributed by atoms with Gasteiger partial charge in [-0.1, -0.05) is 35.9 Å². The van der Waals surface area contributed by atoms with E-state index in [1.165, 1.54) is 24.0 Å². The quantitative estimate of drug-likeness (QED) is 0.705. The van der Waals surface area contributed by atoms with Gasteiger partial charge in [-0.05, 0) is 49.3 Å². The van der Waals surface area contributed by atoms with E-state index in [0.717, 1.165) is 17.8 Å². The number of fused-ring (bicyclic) bond motifs is 1. The van der Waals surface area contributed by atoms with Crippen molar-refractivity contribution in [2.45, 2.75) is 38.5 Å². The number of aromatic nitrogens is 2. The largest absolute Gasteiger partial charge is 0.356 e. The first kappa shape index (κ1) is 16.8. The molecule has 4 nitrogen and oxygen atoms in total. The molecule has 1 N–H and O–H groups in total. The Morgan fingerprint density at radius 3 is 2.81 bits per heavy atom. The van der Waals surface area contributed by atoms with Crippen LogP contribution in [0.5, 0.6) is 0 Å². The van der Waals surface area contributed by atoms with Gasteiger partial charge in [0.1, 0.15) is 5.82 Å². The van der Waals surface area contributed by atoms with Crippen molar-refractivity contribution in [3.63, 3.8) is 0 Å². The number of rotatable bonds is 7. The summed E-state index contributed by atoms with van der Waals surface area (Å²) in [5, 5.41) is 3.09. The zero-order valence-corrected chi connectivity index (χ0v) is 15.2. The molecule has 1 atom stereocenters. The van der Waals surface area contributed by atoms with Crippen LogP contribution in [0.15, 0.2) is 54.9 Å². The fraction of sp³-hybridized carbons (Fsp3) is 0.364. The predicted molar refractivity (Wildman–Crippen MR) is 103 cm³/mol. The molecule has 0 saturated heterocycles. The van der Waals surface area contributed by atoms with E-state index in [1.807, 2.05) is 30.6 Å². The number of hydrogen-bond acceptors (Lipinski definition) is 2. The van der Waals surface area contributed by atoms with Gasteiger partial charge in [0.05, 0.1) is 11.7 Å². The van der Waals surface area contributed by atoms with Crippen molar-refractivity contribution in [3.8, 4) is 0 Å². The summed E-state index contributed by atoms with van der Waals surface area (Å²) in [6.45, 7) is 2.72. The zero-order chi connectivity index (χ0) is 17.9. The predicted octanol–water partition coefficient (Wildman–Crippen LogP) is 3.89. The van der Waals surface area contributed by atoms with Gasteiger partial charge in [0, 0.05) is 25.6 Å². The molecular weight excluding hydrogens is 322 g/mol. The van der Waals surface area contributed by atoms with Crippen LogP contribution in [0.3, 0.4) is 0 Å². The third-order valence-electron chi connectivity index (χ3n) is 5.29. The fourth-order valence-electron chi connectivity index (χ4n) is 3.64.